The lowest BCUT2D eigenvalue weighted by Gasteiger charge is -2.05. The van der Waals surface area contributed by atoms with Crippen LogP contribution >= 0.6 is 0 Å². The number of nitrogens with one attached hydrogen (secondary N) is 1. The first kappa shape index (κ1) is 7.55. The van der Waals surface area contributed by atoms with Crippen LogP contribution in [0.15, 0.2) is 18.2 Å². The molecule has 0 aromatic heterocycles. The van der Waals surface area contributed by atoms with Crippen molar-refractivity contribution in [1.82, 2.24) is 5.32 Å². The zero-order chi connectivity index (χ0) is 8.55. The van der Waals surface area contributed by atoms with E-state index in [2.05, 4.69) is 5.32 Å². The Balaban J connectivity index is 0.000000845. The van der Waals surface area contributed by atoms with Crippen molar-refractivity contribution in [3.05, 3.63) is 29.6 Å². The van der Waals surface area contributed by atoms with E-state index in [4.69, 9.17) is 4.74 Å². The molecule has 1 unspecified atom stereocenters. The van der Waals surface area contributed by atoms with Gasteiger partial charge in [0.25, 0.3) is 0 Å². The Morgan fingerprint density at radius 3 is 3.25 bits per heavy atom. The Hall–Kier alpha value is -1.09. The largest absolute Gasteiger partial charge is 0.491 e. The maximum atomic E-state index is 12.8. The molecule has 1 aromatic rings. The average molecular weight is 169 g/mol. The van der Waals surface area contributed by atoms with Crippen molar-refractivity contribution in [2.75, 3.05) is 13.7 Å². The van der Waals surface area contributed by atoms with Crippen molar-refractivity contribution in [2.24, 2.45) is 0 Å². The van der Waals surface area contributed by atoms with Crippen LogP contribution in [0, 0.1) is 5.82 Å². The van der Waals surface area contributed by atoms with Crippen LogP contribution in [-0.4, -0.2) is 13.7 Å². The molecule has 1 atom stereocenters. The SMILES string of the molecule is CNC1COc2ccc(F)cc21.[HH]. The van der Waals surface area contributed by atoms with E-state index in [1.54, 1.807) is 6.07 Å². The fourth-order valence-electron chi connectivity index (χ4n) is 1.42. The highest BCUT2D eigenvalue weighted by molar-refractivity contribution is 5.39. The lowest BCUT2D eigenvalue weighted by Crippen LogP contribution is -2.17. The number of fused-ring (bicyclic) bond motifs is 1. The topological polar surface area (TPSA) is 21.3 Å². The lowest BCUT2D eigenvalue weighted by molar-refractivity contribution is 0.318. The predicted molar refractivity (Wildman–Crippen MR) is 45.8 cm³/mol. The Kier molecular flexibility index (Phi) is 1.73. The smallest absolute Gasteiger partial charge is 0.124 e. The average Bonchev–Trinajstić information content (AvgIpc) is 2.46. The third kappa shape index (κ3) is 1.06. The first-order valence-corrected chi connectivity index (χ1v) is 3.91. The van der Waals surface area contributed by atoms with E-state index < -0.39 is 0 Å². The van der Waals surface area contributed by atoms with Crippen molar-refractivity contribution in [1.29, 1.82) is 0 Å². The summed E-state index contributed by atoms with van der Waals surface area (Å²) in [6, 6.07) is 4.73. The lowest BCUT2D eigenvalue weighted by atomic mass is 10.1. The Labute approximate surface area is 71.8 Å². The van der Waals surface area contributed by atoms with Gasteiger partial charge in [-0.15, -0.1) is 0 Å². The van der Waals surface area contributed by atoms with E-state index in [9.17, 15) is 4.39 Å². The van der Waals surface area contributed by atoms with Gasteiger partial charge in [0.05, 0.1) is 6.04 Å². The van der Waals surface area contributed by atoms with Crippen LogP contribution in [0.25, 0.3) is 0 Å². The second-order valence-corrected chi connectivity index (χ2v) is 2.83. The van der Waals surface area contributed by atoms with Gasteiger partial charge >= 0.3 is 0 Å². The van der Waals surface area contributed by atoms with E-state index >= 15 is 0 Å². The minimum absolute atomic E-state index is 0. The summed E-state index contributed by atoms with van der Waals surface area (Å²) < 4.78 is 18.1. The number of likely N-dealkylation sites (N-methyl/N-ethyl adjacent to an activating group) is 1. The zero-order valence-electron chi connectivity index (χ0n) is 6.80. The highest BCUT2D eigenvalue weighted by Crippen LogP contribution is 2.32. The number of rotatable bonds is 1. The maximum Gasteiger partial charge on any atom is 0.124 e. The van der Waals surface area contributed by atoms with Crippen LogP contribution in [0.4, 0.5) is 4.39 Å². The predicted octanol–water partition coefficient (Wildman–Crippen LogP) is 1.72. The van der Waals surface area contributed by atoms with Gasteiger partial charge in [-0.05, 0) is 25.2 Å². The fraction of sp³-hybridized carbons (Fsp3) is 0.333. The fourth-order valence-corrected chi connectivity index (χ4v) is 1.42. The molecule has 0 bridgehead atoms. The van der Waals surface area contributed by atoms with E-state index in [1.807, 2.05) is 7.05 Å². The van der Waals surface area contributed by atoms with Gasteiger partial charge in [-0.2, -0.15) is 0 Å². The molecule has 0 amide bonds. The van der Waals surface area contributed by atoms with Gasteiger partial charge in [0, 0.05) is 6.99 Å². The molecular weight excluding hydrogens is 157 g/mol. The van der Waals surface area contributed by atoms with E-state index in [0.717, 1.165) is 11.3 Å². The summed E-state index contributed by atoms with van der Waals surface area (Å²) in [4.78, 5) is 0. The molecule has 0 spiro atoms. The summed E-state index contributed by atoms with van der Waals surface area (Å²) >= 11 is 0. The Morgan fingerprint density at radius 2 is 2.50 bits per heavy atom. The maximum absolute atomic E-state index is 12.8. The molecule has 1 aromatic carbocycles. The van der Waals surface area contributed by atoms with Crippen LogP contribution < -0.4 is 10.1 Å². The molecule has 1 aliphatic rings. The highest BCUT2D eigenvalue weighted by Gasteiger charge is 2.22. The number of benzene rings is 1. The van der Waals surface area contributed by atoms with Crippen LogP contribution in [0.3, 0.4) is 0 Å². The number of hydrogen-bond acceptors (Lipinski definition) is 2. The normalized spacial score (nSPS) is 20.3. The second-order valence-electron chi connectivity index (χ2n) is 2.83. The third-order valence-corrected chi connectivity index (χ3v) is 2.10. The number of halogens is 1. The van der Waals surface area contributed by atoms with Crippen molar-refractivity contribution < 1.29 is 10.6 Å². The van der Waals surface area contributed by atoms with Crippen LogP contribution in [-0.2, 0) is 0 Å². The molecule has 0 radical (unpaired) electrons. The molecule has 2 nitrogen and oxygen atoms in total. The molecule has 1 N–H and O–H groups in total. The standard InChI is InChI=1S/C9H10FNO.H2/c1-11-8-5-12-9-3-2-6(10)4-7(8)9;/h2-4,8,11H,5H2,1H3;1H. The molecule has 1 aliphatic heterocycles. The van der Waals surface area contributed by atoms with Crippen LogP contribution in [0.1, 0.15) is 13.0 Å². The van der Waals surface area contributed by atoms with Gasteiger partial charge in [-0.1, -0.05) is 0 Å². The molecule has 12 heavy (non-hydrogen) atoms. The van der Waals surface area contributed by atoms with Gasteiger partial charge < -0.3 is 10.1 Å². The highest BCUT2D eigenvalue weighted by atomic mass is 19.1. The molecule has 0 saturated carbocycles. The van der Waals surface area contributed by atoms with Crippen LogP contribution in [0.2, 0.25) is 0 Å². The summed E-state index contributed by atoms with van der Waals surface area (Å²) in [7, 11) is 1.84. The number of ether oxygens (including phenoxy) is 1. The molecule has 0 aliphatic carbocycles. The summed E-state index contributed by atoms with van der Waals surface area (Å²) in [5.74, 6) is 0.579. The first-order valence-electron chi connectivity index (χ1n) is 3.91. The van der Waals surface area contributed by atoms with Gasteiger partial charge in [-0.3, -0.25) is 0 Å². The summed E-state index contributed by atoms with van der Waals surface area (Å²) in [6.45, 7) is 0.593. The number of hydrogen-bond donors (Lipinski definition) is 1. The van der Waals surface area contributed by atoms with Crippen molar-refractivity contribution in [3.8, 4) is 5.75 Å². The van der Waals surface area contributed by atoms with Gasteiger partial charge in [0.1, 0.15) is 18.2 Å². The molecule has 1 heterocycles. The van der Waals surface area contributed by atoms with E-state index in [1.165, 1.54) is 12.1 Å². The molecule has 3 heteroatoms. The first-order chi connectivity index (χ1) is 5.81. The molecule has 0 fully saturated rings. The molecule has 0 saturated heterocycles. The minimum atomic E-state index is -0.209. The van der Waals surface area contributed by atoms with E-state index in [-0.39, 0.29) is 13.3 Å². The third-order valence-electron chi connectivity index (χ3n) is 2.10. The van der Waals surface area contributed by atoms with Gasteiger partial charge in [0.15, 0.2) is 0 Å². The van der Waals surface area contributed by atoms with Crippen LogP contribution in [0.5, 0.6) is 5.75 Å². The summed E-state index contributed by atoms with van der Waals surface area (Å²) in [5, 5.41) is 3.06. The molecule has 66 valence electrons. The van der Waals surface area contributed by atoms with Gasteiger partial charge in [0.2, 0.25) is 0 Å². The van der Waals surface area contributed by atoms with Crippen molar-refractivity contribution in [2.45, 2.75) is 6.04 Å². The zero-order valence-corrected chi connectivity index (χ0v) is 6.80. The second kappa shape index (κ2) is 2.75. The summed E-state index contributed by atoms with van der Waals surface area (Å²) in [6.07, 6.45) is 0. The van der Waals surface area contributed by atoms with Gasteiger partial charge in [-0.25, -0.2) is 4.39 Å². The molecular formula is C9H12FNO. The Morgan fingerprint density at radius 1 is 1.67 bits per heavy atom. The summed E-state index contributed by atoms with van der Waals surface area (Å²) in [5.41, 5.74) is 0.914. The molecule has 2 rings (SSSR count). The van der Waals surface area contributed by atoms with Crippen molar-refractivity contribution in [3.63, 3.8) is 0 Å². The quantitative estimate of drug-likeness (QED) is 0.691. The minimum Gasteiger partial charge on any atom is -0.491 e. The Bertz CT molecular complexity index is 306. The van der Waals surface area contributed by atoms with Crippen molar-refractivity contribution >= 4 is 0 Å². The monoisotopic (exact) mass is 169 g/mol. The van der Waals surface area contributed by atoms with E-state index in [0.29, 0.717) is 6.61 Å².